The number of hydrogen-bond donors (Lipinski definition) is 3. The molecule has 0 aliphatic carbocycles. The summed E-state index contributed by atoms with van der Waals surface area (Å²) in [5.74, 6) is -1.45. The zero-order chi connectivity index (χ0) is 13.0. The number of aliphatic carboxylic acids is 1. The molecule has 1 heterocycles. The maximum absolute atomic E-state index is 11.7. The third kappa shape index (κ3) is 4.05. The highest BCUT2D eigenvalue weighted by atomic mass is 16.4. The molecule has 0 spiro atoms. The van der Waals surface area contributed by atoms with Crippen LogP contribution in [0.25, 0.3) is 0 Å². The monoisotopic (exact) mass is 242 g/mol. The van der Waals surface area contributed by atoms with Crippen LogP contribution in [0, 0.1) is 5.92 Å². The fraction of sp³-hybridized carbons (Fsp3) is 0.727. The number of hydrogen-bond acceptors (Lipinski definition) is 3. The molecule has 1 fully saturated rings. The number of amides is 2. The first-order valence-electron chi connectivity index (χ1n) is 5.72. The van der Waals surface area contributed by atoms with Gasteiger partial charge in [0.2, 0.25) is 11.8 Å². The van der Waals surface area contributed by atoms with E-state index in [1.807, 2.05) is 13.8 Å². The van der Waals surface area contributed by atoms with Crippen molar-refractivity contribution in [3.8, 4) is 0 Å². The molecule has 0 radical (unpaired) electrons. The minimum atomic E-state index is -1.05. The Labute approximate surface area is 99.8 Å². The zero-order valence-electron chi connectivity index (χ0n) is 10.0. The molecule has 0 aromatic heterocycles. The van der Waals surface area contributed by atoms with Gasteiger partial charge in [0, 0.05) is 6.42 Å². The van der Waals surface area contributed by atoms with E-state index in [9.17, 15) is 14.4 Å². The standard InChI is InChI=1S/C11H18N2O4/c1-6(2)5-8(11(16)17)13-10(15)7-3-4-9(14)12-7/h6-8H,3-5H2,1-2H3,(H,12,14)(H,13,15)(H,16,17)/t7-,8-/m0/s1. The first-order chi connectivity index (χ1) is 7.90. The molecule has 0 saturated carbocycles. The molecular formula is C11H18N2O4. The Bertz CT molecular complexity index is 327. The van der Waals surface area contributed by atoms with E-state index in [0.717, 1.165) is 0 Å². The van der Waals surface area contributed by atoms with Gasteiger partial charge in [0.15, 0.2) is 0 Å². The Balaban J connectivity index is 2.52. The zero-order valence-corrected chi connectivity index (χ0v) is 10.0. The topological polar surface area (TPSA) is 95.5 Å². The average molecular weight is 242 g/mol. The Hall–Kier alpha value is -1.59. The number of carboxylic acid groups (broad SMARTS) is 1. The molecular weight excluding hydrogens is 224 g/mol. The van der Waals surface area contributed by atoms with Gasteiger partial charge in [-0.1, -0.05) is 13.8 Å². The fourth-order valence-corrected chi connectivity index (χ4v) is 1.78. The van der Waals surface area contributed by atoms with Crippen molar-refractivity contribution < 1.29 is 19.5 Å². The lowest BCUT2D eigenvalue weighted by Crippen LogP contribution is -2.49. The number of carboxylic acids is 1. The van der Waals surface area contributed by atoms with Gasteiger partial charge >= 0.3 is 5.97 Å². The van der Waals surface area contributed by atoms with Crippen molar-refractivity contribution >= 4 is 17.8 Å². The Morgan fingerprint density at radius 2 is 2.18 bits per heavy atom. The molecule has 2 amide bonds. The summed E-state index contributed by atoms with van der Waals surface area (Å²) in [6.45, 7) is 3.78. The van der Waals surface area contributed by atoms with Crippen LogP contribution in [0.2, 0.25) is 0 Å². The van der Waals surface area contributed by atoms with E-state index in [1.54, 1.807) is 0 Å². The van der Waals surface area contributed by atoms with E-state index in [0.29, 0.717) is 19.3 Å². The summed E-state index contributed by atoms with van der Waals surface area (Å²) in [6, 6.07) is -1.48. The van der Waals surface area contributed by atoms with E-state index in [4.69, 9.17) is 5.11 Å². The molecule has 1 saturated heterocycles. The predicted octanol–water partition coefficient (Wildman–Crippen LogP) is -0.119. The van der Waals surface area contributed by atoms with Gasteiger partial charge in [-0.3, -0.25) is 9.59 Å². The van der Waals surface area contributed by atoms with Crippen LogP contribution < -0.4 is 10.6 Å². The van der Waals surface area contributed by atoms with E-state index in [2.05, 4.69) is 10.6 Å². The lowest BCUT2D eigenvalue weighted by atomic mass is 10.0. The van der Waals surface area contributed by atoms with Crippen LogP contribution in [0.3, 0.4) is 0 Å². The number of rotatable bonds is 5. The van der Waals surface area contributed by atoms with Gasteiger partial charge in [0.05, 0.1) is 0 Å². The SMILES string of the molecule is CC(C)C[C@H](NC(=O)[C@@H]1CCC(=O)N1)C(=O)O. The summed E-state index contributed by atoms with van der Waals surface area (Å²) in [7, 11) is 0. The summed E-state index contributed by atoms with van der Waals surface area (Å²) in [6.07, 6.45) is 1.13. The van der Waals surface area contributed by atoms with Gasteiger partial charge in [-0.15, -0.1) is 0 Å². The summed E-state index contributed by atoms with van der Waals surface area (Å²) in [4.78, 5) is 33.6. The molecule has 2 atom stereocenters. The Kier molecular flexibility index (Phi) is 4.48. The normalized spacial score (nSPS) is 21.1. The van der Waals surface area contributed by atoms with Crippen molar-refractivity contribution in [2.24, 2.45) is 5.92 Å². The number of nitrogens with one attached hydrogen (secondary N) is 2. The van der Waals surface area contributed by atoms with Crippen molar-refractivity contribution in [3.63, 3.8) is 0 Å². The van der Waals surface area contributed by atoms with Gasteiger partial charge in [0.1, 0.15) is 12.1 Å². The quantitative estimate of drug-likeness (QED) is 0.626. The molecule has 0 unspecified atom stereocenters. The van der Waals surface area contributed by atoms with Crippen molar-refractivity contribution in [2.75, 3.05) is 0 Å². The summed E-state index contributed by atoms with van der Waals surface area (Å²) in [5.41, 5.74) is 0. The van der Waals surface area contributed by atoms with E-state index >= 15 is 0 Å². The van der Waals surface area contributed by atoms with Crippen LogP contribution in [-0.4, -0.2) is 35.0 Å². The second kappa shape index (κ2) is 5.65. The van der Waals surface area contributed by atoms with Crippen molar-refractivity contribution in [1.82, 2.24) is 10.6 Å². The fourth-order valence-electron chi connectivity index (χ4n) is 1.78. The van der Waals surface area contributed by atoms with Gasteiger partial charge in [-0.2, -0.15) is 0 Å². The molecule has 6 nitrogen and oxygen atoms in total. The molecule has 0 aromatic rings. The van der Waals surface area contributed by atoms with Crippen molar-refractivity contribution in [2.45, 2.75) is 45.2 Å². The van der Waals surface area contributed by atoms with E-state index < -0.39 is 24.0 Å². The van der Waals surface area contributed by atoms with Crippen molar-refractivity contribution in [1.29, 1.82) is 0 Å². The molecule has 0 aromatic carbocycles. The first kappa shape index (κ1) is 13.5. The average Bonchev–Trinajstić information content (AvgIpc) is 2.63. The van der Waals surface area contributed by atoms with Gasteiger partial charge < -0.3 is 15.7 Å². The Morgan fingerprint density at radius 1 is 1.53 bits per heavy atom. The first-order valence-corrected chi connectivity index (χ1v) is 5.72. The second-order valence-electron chi connectivity index (χ2n) is 4.69. The Morgan fingerprint density at radius 3 is 2.59 bits per heavy atom. The summed E-state index contributed by atoms with van der Waals surface area (Å²) in [5, 5.41) is 13.9. The maximum Gasteiger partial charge on any atom is 0.326 e. The van der Waals surface area contributed by atoms with E-state index in [1.165, 1.54) is 0 Å². The van der Waals surface area contributed by atoms with Crippen LogP contribution in [-0.2, 0) is 14.4 Å². The number of carbonyl (C=O) groups excluding carboxylic acids is 2. The van der Waals surface area contributed by atoms with Gasteiger partial charge in [-0.05, 0) is 18.8 Å². The molecule has 17 heavy (non-hydrogen) atoms. The van der Waals surface area contributed by atoms with Crippen molar-refractivity contribution in [3.05, 3.63) is 0 Å². The van der Waals surface area contributed by atoms with E-state index in [-0.39, 0.29) is 11.8 Å². The summed E-state index contributed by atoms with van der Waals surface area (Å²) >= 11 is 0. The van der Waals surface area contributed by atoms with Gasteiger partial charge in [-0.25, -0.2) is 4.79 Å². The van der Waals surface area contributed by atoms with Crippen LogP contribution in [0.15, 0.2) is 0 Å². The van der Waals surface area contributed by atoms with Crippen LogP contribution in [0.5, 0.6) is 0 Å². The molecule has 3 N–H and O–H groups in total. The third-order valence-corrected chi connectivity index (χ3v) is 2.63. The smallest absolute Gasteiger partial charge is 0.326 e. The molecule has 1 rings (SSSR count). The highest BCUT2D eigenvalue weighted by molar-refractivity contribution is 5.92. The van der Waals surface area contributed by atoms with Crippen LogP contribution >= 0.6 is 0 Å². The second-order valence-corrected chi connectivity index (χ2v) is 4.69. The van der Waals surface area contributed by atoms with Crippen LogP contribution in [0.1, 0.15) is 33.1 Å². The molecule has 1 aliphatic rings. The lowest BCUT2D eigenvalue weighted by Gasteiger charge is -2.18. The highest BCUT2D eigenvalue weighted by Gasteiger charge is 2.30. The largest absolute Gasteiger partial charge is 0.480 e. The molecule has 6 heteroatoms. The lowest BCUT2D eigenvalue weighted by molar-refractivity contribution is -0.142. The van der Waals surface area contributed by atoms with Gasteiger partial charge in [0.25, 0.3) is 0 Å². The minimum Gasteiger partial charge on any atom is -0.480 e. The number of carbonyl (C=O) groups is 3. The van der Waals surface area contributed by atoms with Crippen LogP contribution in [0.4, 0.5) is 0 Å². The predicted molar refractivity (Wildman–Crippen MR) is 60.2 cm³/mol. The molecule has 0 bridgehead atoms. The molecule has 1 aliphatic heterocycles. The minimum absolute atomic E-state index is 0.166. The summed E-state index contributed by atoms with van der Waals surface area (Å²) < 4.78 is 0. The maximum atomic E-state index is 11.7. The molecule has 96 valence electrons. The third-order valence-electron chi connectivity index (χ3n) is 2.63. The highest BCUT2D eigenvalue weighted by Crippen LogP contribution is 2.09.